The maximum absolute atomic E-state index is 14.6. The Balaban J connectivity index is 0.827. The van der Waals surface area contributed by atoms with E-state index in [0.29, 0.717) is 22.1 Å². The molecular weight excluding hydrogens is 923 g/mol. The summed E-state index contributed by atoms with van der Waals surface area (Å²) in [6, 6.07) is 46.6. The van der Waals surface area contributed by atoms with Gasteiger partial charge in [0, 0.05) is 51.8 Å². The van der Waals surface area contributed by atoms with Crippen LogP contribution in [0.2, 0.25) is 0 Å². The van der Waals surface area contributed by atoms with E-state index in [9.17, 15) is 19.2 Å². The molecule has 0 aliphatic carbocycles. The van der Waals surface area contributed by atoms with Gasteiger partial charge >= 0.3 is 0 Å². The van der Waals surface area contributed by atoms with Gasteiger partial charge in [-0.25, -0.2) is 9.80 Å². The quantitative estimate of drug-likeness (QED) is 0.127. The van der Waals surface area contributed by atoms with Gasteiger partial charge < -0.3 is 4.90 Å². The van der Waals surface area contributed by atoms with Crippen LogP contribution in [0.25, 0.3) is 65.7 Å². The third kappa shape index (κ3) is 6.93. The number of hydrogen-bond donors (Lipinski definition) is 0. The molecule has 0 spiro atoms. The highest BCUT2D eigenvalue weighted by Crippen LogP contribution is 2.51. The standard InChI is InChI=1S/C68H59N3O4/c1-38-45-19-13-35-69-36-14-20-46(62(45)69)39(2)57(38)59-49-17-11-9-15-47(49)58(48-16-10-12-18-50(48)59)42-23-21-40(22-24-42)41-25-28-44(29-26-41)70-63(72)51-30-32-53-61-54(33-31-52(60(51)61)64(70)73)66(75)71(65(53)74)56-37-43(67(3,4)5)27-34-55(56)68(6,7)8/h9-12,15-18,21-34,37H,13-14,19-20,35-36H2,1-8H3. The first kappa shape index (κ1) is 46.6. The molecule has 0 saturated heterocycles. The minimum absolute atomic E-state index is 0.231. The van der Waals surface area contributed by atoms with E-state index in [1.54, 1.807) is 24.3 Å². The minimum Gasteiger partial charge on any atom is -0.371 e. The zero-order chi connectivity index (χ0) is 52.0. The summed E-state index contributed by atoms with van der Waals surface area (Å²) in [5.41, 5.74) is 17.8. The number of nitrogens with zero attached hydrogens (tertiary/aromatic N) is 3. The van der Waals surface area contributed by atoms with Crippen molar-refractivity contribution in [3.05, 3.63) is 195 Å². The van der Waals surface area contributed by atoms with Gasteiger partial charge in [0.05, 0.1) is 11.4 Å². The predicted molar refractivity (Wildman–Crippen MR) is 306 cm³/mol. The van der Waals surface area contributed by atoms with Crippen LogP contribution in [-0.2, 0) is 23.7 Å². The zero-order valence-corrected chi connectivity index (χ0v) is 44.0. The van der Waals surface area contributed by atoms with Crippen LogP contribution >= 0.6 is 0 Å². The molecule has 0 fully saturated rings. The van der Waals surface area contributed by atoms with E-state index < -0.39 is 23.6 Å². The molecule has 13 rings (SSSR count). The number of carbonyl (C=O) groups excluding carboxylic acids is 4. The molecule has 0 bridgehead atoms. The number of benzene rings is 9. The Kier molecular flexibility index (Phi) is 10.4. The summed E-state index contributed by atoms with van der Waals surface area (Å²) < 4.78 is 0. The van der Waals surface area contributed by atoms with Crippen molar-refractivity contribution in [1.82, 2.24) is 0 Å². The topological polar surface area (TPSA) is 78.0 Å². The molecule has 9 aromatic rings. The lowest BCUT2D eigenvalue weighted by atomic mass is 9.78. The van der Waals surface area contributed by atoms with E-state index in [0.717, 1.165) is 53.7 Å². The maximum atomic E-state index is 14.6. The fraction of sp³-hybridized carbons (Fsp3) is 0.235. The van der Waals surface area contributed by atoms with Crippen molar-refractivity contribution in [3.8, 4) is 33.4 Å². The number of hydrogen-bond acceptors (Lipinski definition) is 5. The molecule has 4 aliphatic rings. The third-order valence-corrected chi connectivity index (χ3v) is 16.9. The number of imide groups is 2. The first-order chi connectivity index (χ1) is 36.0. The average molecular weight is 982 g/mol. The molecule has 7 nitrogen and oxygen atoms in total. The van der Waals surface area contributed by atoms with Crippen molar-refractivity contribution < 1.29 is 19.2 Å². The van der Waals surface area contributed by atoms with E-state index in [1.165, 1.54) is 88.8 Å². The largest absolute Gasteiger partial charge is 0.371 e. The Bertz CT molecular complexity index is 3850. The van der Waals surface area contributed by atoms with Gasteiger partial charge in [-0.2, -0.15) is 0 Å². The zero-order valence-electron chi connectivity index (χ0n) is 44.0. The van der Waals surface area contributed by atoms with Gasteiger partial charge in [0.2, 0.25) is 0 Å². The van der Waals surface area contributed by atoms with Crippen molar-refractivity contribution in [2.24, 2.45) is 0 Å². The molecule has 0 saturated carbocycles. The van der Waals surface area contributed by atoms with Gasteiger partial charge in [-0.15, -0.1) is 0 Å². The maximum Gasteiger partial charge on any atom is 0.265 e. The number of amides is 4. The van der Waals surface area contributed by atoms with Crippen molar-refractivity contribution in [3.63, 3.8) is 0 Å². The molecule has 0 radical (unpaired) electrons. The van der Waals surface area contributed by atoms with Crippen LogP contribution < -0.4 is 14.7 Å². The Labute approximate surface area is 438 Å². The summed E-state index contributed by atoms with van der Waals surface area (Å²) in [6.07, 6.45) is 4.66. The highest BCUT2D eigenvalue weighted by Gasteiger charge is 2.42. The Morgan fingerprint density at radius 1 is 0.427 bits per heavy atom. The van der Waals surface area contributed by atoms with Crippen LogP contribution in [0.3, 0.4) is 0 Å². The second-order valence-corrected chi connectivity index (χ2v) is 23.3. The number of anilines is 3. The van der Waals surface area contributed by atoms with Crippen molar-refractivity contribution in [1.29, 1.82) is 0 Å². The van der Waals surface area contributed by atoms with E-state index in [-0.39, 0.29) is 33.1 Å². The molecule has 0 atom stereocenters. The summed E-state index contributed by atoms with van der Waals surface area (Å²) in [7, 11) is 0. The van der Waals surface area contributed by atoms with E-state index in [1.807, 2.05) is 36.4 Å². The molecule has 4 heterocycles. The molecule has 9 aromatic carbocycles. The Morgan fingerprint density at radius 2 is 0.853 bits per heavy atom. The Morgan fingerprint density at radius 3 is 1.31 bits per heavy atom. The molecule has 0 unspecified atom stereocenters. The fourth-order valence-corrected chi connectivity index (χ4v) is 13.2. The van der Waals surface area contributed by atoms with Gasteiger partial charge in [0.25, 0.3) is 23.6 Å². The molecule has 370 valence electrons. The smallest absolute Gasteiger partial charge is 0.265 e. The SMILES string of the molecule is Cc1c2c3c(c(C)c1-c1c4ccccc4c(-c4ccc(-c5ccc(N6C(=O)c7ccc8c9c(ccc(c79)C6=O)C(=O)N(c6cc(C(C)(C)C)ccc6C(C)(C)C)C8=O)cc5)cc4)c4ccccc14)CCCN3CCC2. The molecular formula is C68H59N3O4. The summed E-state index contributed by atoms with van der Waals surface area (Å²) in [6.45, 7) is 19.5. The van der Waals surface area contributed by atoms with Crippen LogP contribution in [0.15, 0.2) is 140 Å². The molecule has 4 aliphatic heterocycles. The molecule has 4 amide bonds. The highest BCUT2D eigenvalue weighted by molar-refractivity contribution is 6.42. The molecule has 0 N–H and O–H groups in total. The third-order valence-electron chi connectivity index (χ3n) is 16.9. The van der Waals surface area contributed by atoms with E-state index >= 15 is 0 Å². The minimum atomic E-state index is -0.507. The van der Waals surface area contributed by atoms with Crippen molar-refractivity contribution >= 4 is 73.0 Å². The first-order valence-corrected chi connectivity index (χ1v) is 26.6. The fourth-order valence-electron chi connectivity index (χ4n) is 13.2. The predicted octanol–water partition coefficient (Wildman–Crippen LogP) is 15.7. The summed E-state index contributed by atoms with van der Waals surface area (Å²) in [4.78, 5) is 63.5. The van der Waals surface area contributed by atoms with Crippen LogP contribution in [0.1, 0.15) is 129 Å². The summed E-state index contributed by atoms with van der Waals surface area (Å²) in [5.74, 6) is -1.98. The molecule has 7 heteroatoms. The van der Waals surface area contributed by atoms with Crippen LogP contribution in [-0.4, -0.2) is 36.7 Å². The lowest BCUT2D eigenvalue weighted by Crippen LogP contribution is -2.44. The number of carbonyl (C=O) groups is 4. The van der Waals surface area contributed by atoms with Gasteiger partial charge in [0.15, 0.2) is 0 Å². The monoisotopic (exact) mass is 981 g/mol. The van der Waals surface area contributed by atoms with Crippen molar-refractivity contribution in [2.75, 3.05) is 27.8 Å². The van der Waals surface area contributed by atoms with E-state index in [4.69, 9.17) is 0 Å². The second kappa shape index (κ2) is 16.7. The average Bonchev–Trinajstić information content (AvgIpc) is 3.41. The lowest BCUT2D eigenvalue weighted by Gasteiger charge is -2.39. The van der Waals surface area contributed by atoms with Crippen LogP contribution in [0, 0.1) is 13.8 Å². The van der Waals surface area contributed by atoms with Crippen molar-refractivity contribution in [2.45, 2.75) is 91.9 Å². The second-order valence-electron chi connectivity index (χ2n) is 23.3. The van der Waals surface area contributed by atoms with Crippen LogP contribution in [0.5, 0.6) is 0 Å². The van der Waals surface area contributed by atoms with Gasteiger partial charge in [0.1, 0.15) is 0 Å². The number of rotatable bonds is 5. The Hall–Kier alpha value is -8.16. The van der Waals surface area contributed by atoms with Gasteiger partial charge in [-0.05, 0) is 181 Å². The summed E-state index contributed by atoms with van der Waals surface area (Å²) in [5, 5.41) is 5.67. The van der Waals surface area contributed by atoms with Gasteiger partial charge in [-0.3, -0.25) is 19.2 Å². The molecule has 75 heavy (non-hydrogen) atoms. The normalized spacial score (nSPS) is 15.4. The van der Waals surface area contributed by atoms with Crippen LogP contribution in [0.4, 0.5) is 17.1 Å². The first-order valence-electron chi connectivity index (χ1n) is 26.6. The van der Waals surface area contributed by atoms with Gasteiger partial charge in [-0.1, -0.05) is 139 Å². The molecule has 0 aromatic heterocycles. The van der Waals surface area contributed by atoms with E-state index in [2.05, 4.69) is 139 Å². The summed E-state index contributed by atoms with van der Waals surface area (Å²) >= 11 is 0. The number of fused-ring (bicyclic) bond motifs is 2. The highest BCUT2D eigenvalue weighted by atomic mass is 16.2. The lowest BCUT2D eigenvalue weighted by molar-refractivity contribution is 0.0872.